The lowest BCUT2D eigenvalue weighted by atomic mass is 10.1. The molecule has 0 bridgehead atoms. The Labute approximate surface area is 145 Å². The third-order valence-electron chi connectivity index (χ3n) is 3.91. The van der Waals surface area contributed by atoms with Gasteiger partial charge in [-0.3, -0.25) is 4.98 Å². The van der Waals surface area contributed by atoms with Gasteiger partial charge in [-0.05, 0) is 29.8 Å². The Balaban J connectivity index is 2.02. The number of hydrogen-bond acceptors (Lipinski definition) is 5. The predicted molar refractivity (Wildman–Crippen MR) is 89.9 cm³/mol. The summed E-state index contributed by atoms with van der Waals surface area (Å²) in [4.78, 5) is 4.09. The van der Waals surface area contributed by atoms with Crippen molar-refractivity contribution >= 4 is 21.6 Å². The molecule has 1 N–H and O–H groups in total. The van der Waals surface area contributed by atoms with Crippen LogP contribution >= 0.6 is 11.6 Å². The fourth-order valence-electron chi connectivity index (χ4n) is 2.74. The maximum absolute atomic E-state index is 13.1. The number of rotatable bonds is 3. The SMILES string of the molecule is N#Cc1ccc(S(=O)(=O)N2CCNC[C@@H]2c2cccnc2)c(Cl)c1. The number of hydrogen-bond donors (Lipinski definition) is 1. The standard InChI is InChI=1S/C16H15ClN4O2S/c17-14-8-12(9-18)3-4-16(14)24(22,23)21-7-6-20-11-15(21)13-2-1-5-19-10-13/h1-5,8,10,15,20H,6-7,11H2/t15-/m1/s1. The van der Waals surface area contributed by atoms with Crippen LogP contribution in [0.5, 0.6) is 0 Å². The van der Waals surface area contributed by atoms with Gasteiger partial charge < -0.3 is 5.32 Å². The normalized spacial score (nSPS) is 18.9. The fourth-order valence-corrected chi connectivity index (χ4v) is 4.87. The number of nitriles is 1. The third kappa shape index (κ3) is 3.14. The summed E-state index contributed by atoms with van der Waals surface area (Å²) >= 11 is 6.12. The molecular formula is C16H15ClN4O2S. The second-order valence-electron chi connectivity index (χ2n) is 5.38. The van der Waals surface area contributed by atoms with Gasteiger partial charge in [-0.15, -0.1) is 0 Å². The summed E-state index contributed by atoms with van der Waals surface area (Å²) in [5.41, 5.74) is 1.14. The molecule has 0 unspecified atom stereocenters. The summed E-state index contributed by atoms with van der Waals surface area (Å²) in [7, 11) is -3.79. The lowest BCUT2D eigenvalue weighted by molar-refractivity contribution is 0.271. The second kappa shape index (κ2) is 6.87. The van der Waals surface area contributed by atoms with Crippen LogP contribution in [0.2, 0.25) is 5.02 Å². The van der Waals surface area contributed by atoms with Gasteiger partial charge in [0.15, 0.2) is 0 Å². The Morgan fingerprint density at radius 1 is 1.38 bits per heavy atom. The molecule has 1 atom stereocenters. The van der Waals surface area contributed by atoms with Crippen molar-refractivity contribution < 1.29 is 8.42 Å². The number of nitrogens with zero attached hydrogens (tertiary/aromatic N) is 3. The number of piperazine rings is 1. The molecule has 3 rings (SSSR count). The zero-order valence-corrected chi connectivity index (χ0v) is 14.3. The van der Waals surface area contributed by atoms with E-state index in [0.29, 0.717) is 25.2 Å². The number of nitrogens with one attached hydrogen (secondary N) is 1. The van der Waals surface area contributed by atoms with E-state index in [1.807, 2.05) is 12.1 Å². The van der Waals surface area contributed by atoms with Crippen molar-refractivity contribution in [1.29, 1.82) is 5.26 Å². The van der Waals surface area contributed by atoms with Crippen molar-refractivity contribution in [3.63, 3.8) is 0 Å². The zero-order chi connectivity index (χ0) is 17.2. The van der Waals surface area contributed by atoms with Crippen LogP contribution in [0, 0.1) is 11.3 Å². The zero-order valence-electron chi connectivity index (χ0n) is 12.7. The minimum absolute atomic E-state index is 0.0129. The molecule has 1 aliphatic heterocycles. The molecule has 6 nitrogen and oxygen atoms in total. The molecule has 1 saturated heterocycles. The highest BCUT2D eigenvalue weighted by Gasteiger charge is 2.35. The van der Waals surface area contributed by atoms with E-state index in [1.165, 1.54) is 22.5 Å². The first-order chi connectivity index (χ1) is 11.5. The first-order valence-corrected chi connectivity index (χ1v) is 9.18. The average Bonchev–Trinajstić information content (AvgIpc) is 2.62. The van der Waals surface area contributed by atoms with Crippen LogP contribution in [0.15, 0.2) is 47.6 Å². The van der Waals surface area contributed by atoms with Crippen molar-refractivity contribution in [3.8, 4) is 6.07 Å². The van der Waals surface area contributed by atoms with Crippen molar-refractivity contribution in [2.75, 3.05) is 19.6 Å². The van der Waals surface area contributed by atoms with Gasteiger partial charge >= 0.3 is 0 Å². The Bertz CT molecular complexity index is 881. The largest absolute Gasteiger partial charge is 0.313 e. The Hall–Kier alpha value is -1.98. The molecule has 1 aromatic carbocycles. The fraction of sp³-hybridized carbons (Fsp3) is 0.250. The van der Waals surface area contributed by atoms with E-state index in [-0.39, 0.29) is 16.0 Å². The van der Waals surface area contributed by atoms with Gasteiger partial charge in [-0.1, -0.05) is 17.7 Å². The predicted octanol–water partition coefficient (Wildman–Crippen LogP) is 1.94. The number of sulfonamides is 1. The summed E-state index contributed by atoms with van der Waals surface area (Å²) < 4.78 is 27.6. The number of benzene rings is 1. The number of halogens is 1. The van der Waals surface area contributed by atoms with E-state index in [1.54, 1.807) is 18.5 Å². The summed E-state index contributed by atoms with van der Waals surface area (Å²) in [5.74, 6) is 0. The molecule has 124 valence electrons. The van der Waals surface area contributed by atoms with Crippen molar-refractivity contribution in [2.24, 2.45) is 0 Å². The van der Waals surface area contributed by atoms with Crippen LogP contribution in [0.25, 0.3) is 0 Å². The van der Waals surface area contributed by atoms with Gasteiger partial charge in [-0.25, -0.2) is 8.42 Å². The van der Waals surface area contributed by atoms with Gasteiger partial charge in [0, 0.05) is 32.0 Å². The summed E-state index contributed by atoms with van der Waals surface area (Å²) in [5, 5.41) is 12.2. The number of aromatic nitrogens is 1. The molecule has 0 spiro atoms. The van der Waals surface area contributed by atoms with Crippen LogP contribution in [-0.2, 0) is 10.0 Å². The van der Waals surface area contributed by atoms with Crippen LogP contribution < -0.4 is 5.32 Å². The molecule has 0 radical (unpaired) electrons. The van der Waals surface area contributed by atoms with E-state index < -0.39 is 10.0 Å². The lowest BCUT2D eigenvalue weighted by Crippen LogP contribution is -2.48. The highest BCUT2D eigenvalue weighted by Crippen LogP contribution is 2.32. The average molecular weight is 363 g/mol. The second-order valence-corrected chi connectivity index (χ2v) is 7.65. The first-order valence-electron chi connectivity index (χ1n) is 7.36. The molecule has 24 heavy (non-hydrogen) atoms. The van der Waals surface area contributed by atoms with E-state index in [9.17, 15) is 8.42 Å². The van der Waals surface area contributed by atoms with Crippen molar-refractivity contribution in [3.05, 3.63) is 58.9 Å². The maximum Gasteiger partial charge on any atom is 0.245 e. The minimum atomic E-state index is -3.79. The highest BCUT2D eigenvalue weighted by atomic mass is 35.5. The Morgan fingerprint density at radius 3 is 2.88 bits per heavy atom. The highest BCUT2D eigenvalue weighted by molar-refractivity contribution is 7.89. The maximum atomic E-state index is 13.1. The third-order valence-corrected chi connectivity index (χ3v) is 6.30. The molecule has 2 aromatic rings. The minimum Gasteiger partial charge on any atom is -0.313 e. The molecule has 0 aliphatic carbocycles. The molecule has 0 saturated carbocycles. The molecule has 1 fully saturated rings. The van der Waals surface area contributed by atoms with Crippen LogP contribution in [-0.4, -0.2) is 37.3 Å². The van der Waals surface area contributed by atoms with Gasteiger partial charge in [-0.2, -0.15) is 9.57 Å². The molecule has 1 aromatic heterocycles. The van der Waals surface area contributed by atoms with Crippen molar-refractivity contribution in [2.45, 2.75) is 10.9 Å². The van der Waals surface area contributed by atoms with Crippen LogP contribution in [0.3, 0.4) is 0 Å². The smallest absolute Gasteiger partial charge is 0.245 e. The molecule has 8 heteroatoms. The Kier molecular flexibility index (Phi) is 4.83. The summed E-state index contributed by atoms with van der Waals surface area (Å²) in [6.07, 6.45) is 3.32. The quantitative estimate of drug-likeness (QED) is 0.901. The Morgan fingerprint density at radius 2 is 2.21 bits per heavy atom. The molecule has 0 amide bonds. The number of pyridine rings is 1. The van der Waals surface area contributed by atoms with Gasteiger partial charge in [0.1, 0.15) is 4.90 Å². The van der Waals surface area contributed by atoms with E-state index >= 15 is 0 Å². The first kappa shape index (κ1) is 16.9. The van der Waals surface area contributed by atoms with E-state index in [2.05, 4.69) is 10.3 Å². The van der Waals surface area contributed by atoms with Gasteiger partial charge in [0.05, 0.1) is 22.7 Å². The summed E-state index contributed by atoms with van der Waals surface area (Å²) in [6, 6.07) is 9.44. The molecule has 2 heterocycles. The molecule has 1 aliphatic rings. The van der Waals surface area contributed by atoms with Crippen LogP contribution in [0.4, 0.5) is 0 Å². The topological polar surface area (TPSA) is 86.1 Å². The van der Waals surface area contributed by atoms with E-state index in [4.69, 9.17) is 16.9 Å². The monoisotopic (exact) mass is 362 g/mol. The van der Waals surface area contributed by atoms with Gasteiger partial charge in [0.2, 0.25) is 10.0 Å². The van der Waals surface area contributed by atoms with E-state index in [0.717, 1.165) is 5.56 Å². The summed E-state index contributed by atoms with van der Waals surface area (Å²) in [6.45, 7) is 1.39. The van der Waals surface area contributed by atoms with Crippen molar-refractivity contribution in [1.82, 2.24) is 14.6 Å². The van der Waals surface area contributed by atoms with Gasteiger partial charge in [0.25, 0.3) is 0 Å². The van der Waals surface area contributed by atoms with Crippen LogP contribution in [0.1, 0.15) is 17.2 Å². The lowest BCUT2D eigenvalue weighted by Gasteiger charge is -2.35. The molecular weight excluding hydrogens is 348 g/mol.